The van der Waals surface area contributed by atoms with E-state index in [-0.39, 0.29) is 17.1 Å². The van der Waals surface area contributed by atoms with Crippen molar-refractivity contribution >= 4 is 39.8 Å². The van der Waals surface area contributed by atoms with Crippen LogP contribution in [0.4, 0.5) is 17.1 Å². The van der Waals surface area contributed by atoms with Gasteiger partial charge in [-0.15, -0.1) is 0 Å². The first kappa shape index (κ1) is 32.7. The van der Waals surface area contributed by atoms with Crippen LogP contribution in [0.1, 0.15) is 16.7 Å². The maximum absolute atomic E-state index is 4.66. The minimum atomic E-state index is 0. The molecule has 10 radical (unpaired) electrons. The molecule has 1 aromatic heterocycles. The zero-order valence-electron chi connectivity index (χ0n) is 25.3. The van der Waals surface area contributed by atoms with Gasteiger partial charge in [-0.1, -0.05) is 78.6 Å². The molecule has 0 unspecified atom stereocenters. The number of hydrogen-bond acceptors (Lipinski definition) is 4. The molecule has 0 saturated heterocycles. The number of benzene rings is 5. The van der Waals surface area contributed by atoms with E-state index >= 15 is 0 Å². The third-order valence-electron chi connectivity index (χ3n) is 7.66. The molecule has 0 bridgehead atoms. The Morgan fingerprint density at radius 1 is 0.468 bits per heavy atom. The minimum Gasteiger partial charge on any atom is -0.311 e. The number of nitrogens with zero attached hydrogens (tertiary/aromatic N) is 3. The second-order valence-corrected chi connectivity index (χ2v) is 11.2. The van der Waals surface area contributed by atoms with Crippen LogP contribution >= 0.6 is 11.7 Å². The Kier molecular flexibility index (Phi) is 11.2. The molecule has 2 fully saturated rings. The summed E-state index contributed by atoms with van der Waals surface area (Å²) in [4.78, 5) is 2.26. The summed E-state index contributed by atoms with van der Waals surface area (Å²) in [5.41, 5.74) is 10.2. The minimum absolute atomic E-state index is 0. The van der Waals surface area contributed by atoms with Gasteiger partial charge in [0, 0.05) is 34.1 Å². The third kappa shape index (κ3) is 7.86. The van der Waals surface area contributed by atoms with Gasteiger partial charge in [0.2, 0.25) is 0 Å². The van der Waals surface area contributed by atoms with Gasteiger partial charge in [-0.3, -0.25) is 0 Å². The van der Waals surface area contributed by atoms with Crippen LogP contribution in [0.3, 0.4) is 0 Å². The molecule has 8 rings (SSSR count). The van der Waals surface area contributed by atoms with Crippen molar-refractivity contribution in [1.82, 2.24) is 8.75 Å². The molecule has 0 spiro atoms. The fourth-order valence-corrected chi connectivity index (χ4v) is 5.94. The van der Waals surface area contributed by atoms with E-state index in [0.717, 1.165) is 50.3 Å². The summed E-state index contributed by atoms with van der Waals surface area (Å²) < 4.78 is 9.27. The fourth-order valence-electron chi connectivity index (χ4n) is 5.36. The molecule has 2 saturated carbocycles. The van der Waals surface area contributed by atoms with Crippen LogP contribution in [-0.4, -0.2) is 8.75 Å². The average Bonchev–Trinajstić information content (AvgIpc) is 3.95. The Hall–Kier alpha value is -4.20. The maximum Gasteiger partial charge on any atom is 2.00 e. The Morgan fingerprint density at radius 2 is 1.00 bits per heavy atom. The van der Waals surface area contributed by atoms with E-state index in [4.69, 9.17) is 0 Å². The standard InChI is InChI=1S/C37H24N3S.C5H5.Fe/c1-3-11-32(12-4-1)40(33-13-5-2-6-14-33)34-24-21-30(22-25-34)35-26-23-31(36-37(35)39-41-38-36)20-17-27-15-18-29(19-16-27)28-9-7-8-10-28;1-2-4-5-3-1;/h1-16,18-19,21-26H;1-5H;/q;;+2. The second-order valence-electron chi connectivity index (χ2n) is 10.6. The number of hydrogen-bond donors (Lipinski definition) is 0. The van der Waals surface area contributed by atoms with Crippen LogP contribution in [0.15, 0.2) is 121 Å². The molecule has 224 valence electrons. The van der Waals surface area contributed by atoms with E-state index in [1.165, 1.54) is 23.2 Å². The Bertz CT molecular complexity index is 1870. The predicted octanol–water partition coefficient (Wildman–Crippen LogP) is 10.0. The zero-order valence-corrected chi connectivity index (χ0v) is 27.3. The Morgan fingerprint density at radius 3 is 1.60 bits per heavy atom. The molecule has 0 N–H and O–H groups in total. The van der Waals surface area contributed by atoms with Crippen molar-refractivity contribution in [1.29, 1.82) is 0 Å². The van der Waals surface area contributed by atoms with E-state index in [1.54, 1.807) is 0 Å². The van der Waals surface area contributed by atoms with Gasteiger partial charge in [0.15, 0.2) is 0 Å². The van der Waals surface area contributed by atoms with E-state index in [0.29, 0.717) is 0 Å². The number of rotatable bonds is 5. The van der Waals surface area contributed by atoms with Crippen molar-refractivity contribution in [3.8, 4) is 23.0 Å². The molecule has 0 amide bonds. The van der Waals surface area contributed by atoms with Gasteiger partial charge in [0.05, 0.1) is 17.3 Å². The van der Waals surface area contributed by atoms with E-state index in [9.17, 15) is 0 Å². The van der Waals surface area contributed by atoms with Crippen molar-refractivity contribution in [2.75, 3.05) is 4.90 Å². The van der Waals surface area contributed by atoms with Gasteiger partial charge in [-0.25, -0.2) is 0 Å². The van der Waals surface area contributed by atoms with E-state index in [2.05, 4.69) is 160 Å². The maximum atomic E-state index is 4.66. The van der Waals surface area contributed by atoms with Crippen LogP contribution < -0.4 is 4.90 Å². The first-order valence-electron chi connectivity index (χ1n) is 15.1. The topological polar surface area (TPSA) is 29.0 Å². The van der Waals surface area contributed by atoms with Crippen LogP contribution in [0, 0.1) is 75.5 Å². The molecule has 2 aliphatic carbocycles. The van der Waals surface area contributed by atoms with Crippen molar-refractivity contribution in [2.24, 2.45) is 0 Å². The fraction of sp³-hybridized carbons (Fsp3) is 0. The van der Waals surface area contributed by atoms with Crippen molar-refractivity contribution in [3.63, 3.8) is 0 Å². The Balaban J connectivity index is 0.000000591. The van der Waals surface area contributed by atoms with Gasteiger partial charge >= 0.3 is 17.1 Å². The molecule has 5 heteroatoms. The summed E-state index contributed by atoms with van der Waals surface area (Å²) in [7, 11) is 0. The van der Waals surface area contributed by atoms with Gasteiger partial charge in [-0.2, -0.15) is 8.75 Å². The molecule has 0 atom stereocenters. The number of fused-ring (bicyclic) bond motifs is 1. The largest absolute Gasteiger partial charge is 2.00 e. The summed E-state index contributed by atoms with van der Waals surface area (Å²) in [6.45, 7) is 0. The molecule has 5 aromatic carbocycles. The predicted molar refractivity (Wildman–Crippen MR) is 191 cm³/mol. The first-order chi connectivity index (χ1) is 22.8. The van der Waals surface area contributed by atoms with Crippen LogP contribution in [-0.2, 0) is 17.1 Å². The summed E-state index contributed by atoms with van der Waals surface area (Å²) >= 11 is 1.22. The smallest absolute Gasteiger partial charge is 0.311 e. The van der Waals surface area contributed by atoms with Gasteiger partial charge in [0.1, 0.15) is 11.0 Å². The number of aromatic nitrogens is 2. The molecular formula is C42H29FeN3S+2. The summed E-state index contributed by atoms with van der Waals surface area (Å²) in [6, 6.07) is 42.0. The van der Waals surface area contributed by atoms with Crippen LogP contribution in [0.2, 0.25) is 0 Å². The monoisotopic (exact) mass is 663 g/mol. The molecule has 6 aromatic rings. The zero-order chi connectivity index (χ0) is 31.0. The summed E-state index contributed by atoms with van der Waals surface area (Å²) in [5.74, 6) is 7.86. The van der Waals surface area contributed by atoms with E-state index in [1.807, 2.05) is 44.2 Å². The van der Waals surface area contributed by atoms with Gasteiger partial charge in [-0.05, 0) is 124 Å². The average molecular weight is 664 g/mol. The van der Waals surface area contributed by atoms with Crippen molar-refractivity contribution in [2.45, 2.75) is 0 Å². The number of anilines is 3. The molecule has 47 heavy (non-hydrogen) atoms. The third-order valence-corrected chi connectivity index (χ3v) is 8.19. The van der Waals surface area contributed by atoms with Crippen LogP contribution in [0.25, 0.3) is 22.2 Å². The molecular weight excluding hydrogens is 634 g/mol. The van der Waals surface area contributed by atoms with Crippen LogP contribution in [0.5, 0.6) is 0 Å². The van der Waals surface area contributed by atoms with Gasteiger partial charge in [0.25, 0.3) is 0 Å². The SMILES string of the molecule is C(#Cc1ccc(-c2ccc(N(c3ccccc3)c3ccccc3)cc2)c2nsnc12)c1ccc([C]2[CH][CH][CH][CH]2)cc1.[CH]1[CH][CH][CH][CH]1.[Fe+2]. The number of para-hydroxylation sites is 2. The molecule has 3 nitrogen and oxygen atoms in total. The first-order valence-corrected chi connectivity index (χ1v) is 15.8. The van der Waals surface area contributed by atoms with Crippen molar-refractivity contribution < 1.29 is 17.1 Å². The Labute approximate surface area is 293 Å². The van der Waals surface area contributed by atoms with E-state index < -0.39 is 0 Å². The van der Waals surface area contributed by atoms with Gasteiger partial charge < -0.3 is 4.90 Å². The summed E-state index contributed by atoms with van der Waals surface area (Å²) in [6.07, 6.45) is 18.3. The normalized spacial score (nSPS) is 14.0. The quantitative estimate of drug-likeness (QED) is 0.136. The molecule has 1 heterocycles. The molecule has 2 aliphatic rings. The molecule has 0 aliphatic heterocycles. The van der Waals surface area contributed by atoms with Crippen molar-refractivity contribution in [3.05, 3.63) is 202 Å². The summed E-state index contributed by atoms with van der Waals surface area (Å²) in [5, 5.41) is 0. The second kappa shape index (κ2) is 16.1.